The number of pyridine rings is 2. The Kier molecular flexibility index (Phi) is 14.0. The zero-order valence-electron chi connectivity index (χ0n) is 33.5. The fourth-order valence-corrected chi connectivity index (χ4v) is 6.60. The van der Waals surface area contributed by atoms with Crippen molar-refractivity contribution in [2.24, 2.45) is 0 Å². The molecule has 0 saturated carbocycles. The molecule has 60 heavy (non-hydrogen) atoms. The molecule has 17 heteroatoms. The number of rotatable bonds is 14. The highest BCUT2D eigenvalue weighted by atomic mass is 19.4. The molecule has 4 aromatic heterocycles. The minimum Gasteiger partial charge on any atom is -0.478 e. The molecule has 6 aromatic rings. The Morgan fingerprint density at radius 3 is 1.47 bits per heavy atom. The van der Waals surface area contributed by atoms with Gasteiger partial charge in [-0.25, -0.2) is 14.8 Å². The summed E-state index contributed by atoms with van der Waals surface area (Å²) in [6.45, 7) is 8.05. The number of nitrogens with one attached hydrogen (secondary N) is 2. The number of carboxylic acid groups (broad SMARTS) is 1. The van der Waals surface area contributed by atoms with E-state index in [2.05, 4.69) is 20.6 Å². The minimum atomic E-state index is -4.28. The highest BCUT2D eigenvalue weighted by Crippen LogP contribution is 2.32. The lowest BCUT2D eigenvalue weighted by Crippen LogP contribution is -2.15. The maximum atomic E-state index is 12.6. The Morgan fingerprint density at radius 1 is 0.700 bits per heavy atom. The predicted molar refractivity (Wildman–Crippen MR) is 217 cm³/mol. The van der Waals surface area contributed by atoms with Gasteiger partial charge in [0.2, 0.25) is 0 Å². The zero-order chi connectivity index (χ0) is 44.1. The fourth-order valence-electron chi connectivity index (χ4n) is 6.60. The Hall–Kier alpha value is -5.94. The van der Waals surface area contributed by atoms with E-state index in [1.165, 1.54) is 6.07 Å². The second-order valence-corrected chi connectivity index (χ2v) is 14.5. The molecule has 5 N–H and O–H groups in total. The van der Waals surface area contributed by atoms with Crippen LogP contribution in [-0.4, -0.2) is 71.3 Å². The lowest BCUT2D eigenvalue weighted by Gasteiger charge is -2.14. The quantitative estimate of drug-likeness (QED) is 0.0533. The van der Waals surface area contributed by atoms with Crippen LogP contribution in [0.3, 0.4) is 0 Å². The number of nitrogens with zero attached hydrogens (tertiary/aromatic N) is 4. The number of ketones is 1. The highest BCUT2D eigenvalue weighted by Gasteiger charge is 2.27. The van der Waals surface area contributed by atoms with Crippen molar-refractivity contribution in [1.82, 2.24) is 18.8 Å². The summed E-state index contributed by atoms with van der Waals surface area (Å²) < 4.78 is 78.6. The van der Waals surface area contributed by atoms with E-state index in [-0.39, 0.29) is 24.4 Å². The second kappa shape index (κ2) is 18.5. The topological polar surface area (TPSA) is 153 Å². The molecule has 4 heterocycles. The minimum absolute atomic E-state index is 0.0947. The van der Waals surface area contributed by atoms with Gasteiger partial charge in [-0.1, -0.05) is 25.1 Å². The lowest BCUT2D eigenvalue weighted by atomic mass is 9.98. The third kappa shape index (κ3) is 11.0. The second-order valence-electron chi connectivity index (χ2n) is 14.5. The molecule has 0 aliphatic carbocycles. The van der Waals surface area contributed by atoms with Crippen molar-refractivity contribution in [3.05, 3.63) is 107 Å². The molecule has 2 atom stereocenters. The number of imidazole rings is 2. The SMILES string of the molecule is CCCC(=O)c1ccc(-c2cnc3c(NCCC(F)(F)F)cc(C(C)O)cn23)cc1C.Cc1cc(-c2cnc3c(NCCC(F)(F)F)cc(C(C)O)cn23)ccc1C(=O)O. The van der Waals surface area contributed by atoms with Crippen molar-refractivity contribution < 1.29 is 51.3 Å². The summed E-state index contributed by atoms with van der Waals surface area (Å²) >= 11 is 0. The summed E-state index contributed by atoms with van der Waals surface area (Å²) in [6.07, 6.45) is -4.31. The van der Waals surface area contributed by atoms with Gasteiger partial charge in [-0.2, -0.15) is 26.3 Å². The summed E-state index contributed by atoms with van der Waals surface area (Å²) in [7, 11) is 0. The van der Waals surface area contributed by atoms with Crippen LogP contribution in [0.5, 0.6) is 0 Å². The fraction of sp³-hybridized carbons (Fsp3) is 0.349. The molecule has 0 amide bonds. The van der Waals surface area contributed by atoms with Gasteiger partial charge in [-0.15, -0.1) is 0 Å². The van der Waals surface area contributed by atoms with E-state index in [1.54, 1.807) is 84.7 Å². The first-order valence-corrected chi connectivity index (χ1v) is 19.1. The van der Waals surface area contributed by atoms with Crippen LogP contribution in [0.4, 0.5) is 37.7 Å². The Balaban J connectivity index is 0.000000228. The number of benzene rings is 2. The Morgan fingerprint density at radius 2 is 1.12 bits per heavy atom. The van der Waals surface area contributed by atoms with Gasteiger partial charge in [0.25, 0.3) is 0 Å². The number of fused-ring (bicyclic) bond motifs is 2. The standard InChI is InChI=1S/C23H26F3N3O2.C20H20F3N3O3/c1-4-5-21(31)18-7-6-16(10-14(18)2)20-12-28-22-19(27-9-8-23(24,25)26)11-17(15(3)30)13-29(20)22;1-11-7-13(3-4-15(11)19(28)29)17-9-25-18-16(24-6-5-20(21,22)23)8-14(12(2)27)10-26(17)18/h6-7,10-13,15,27,30H,4-5,8-9H2,1-3H3;3-4,7-10,12,24,27H,5-6H2,1-2H3,(H,28,29). The first-order valence-electron chi connectivity index (χ1n) is 19.1. The van der Waals surface area contributed by atoms with E-state index in [1.807, 2.05) is 26.0 Å². The van der Waals surface area contributed by atoms with Gasteiger partial charge in [0.05, 0.1) is 65.8 Å². The first-order chi connectivity index (χ1) is 28.2. The number of anilines is 2. The third-order valence-corrected chi connectivity index (χ3v) is 9.72. The molecule has 0 saturated heterocycles. The summed E-state index contributed by atoms with van der Waals surface area (Å²) in [5, 5.41) is 34.8. The average Bonchev–Trinajstić information content (AvgIpc) is 3.79. The van der Waals surface area contributed by atoms with Gasteiger partial charge in [-0.05, 0) is 86.7 Å². The molecule has 0 aliphatic heterocycles. The smallest absolute Gasteiger partial charge is 0.390 e. The molecule has 0 bridgehead atoms. The molecule has 0 aliphatic rings. The third-order valence-electron chi connectivity index (χ3n) is 9.72. The summed E-state index contributed by atoms with van der Waals surface area (Å²) in [6, 6.07) is 13.6. The summed E-state index contributed by atoms with van der Waals surface area (Å²) in [5.41, 5.74) is 7.86. The van der Waals surface area contributed by atoms with E-state index >= 15 is 0 Å². The largest absolute Gasteiger partial charge is 0.478 e. The van der Waals surface area contributed by atoms with E-state index < -0.39 is 43.4 Å². The molecule has 0 spiro atoms. The Bertz CT molecular complexity index is 2490. The molecule has 320 valence electrons. The van der Waals surface area contributed by atoms with Crippen molar-refractivity contribution in [1.29, 1.82) is 0 Å². The Labute approximate surface area is 341 Å². The van der Waals surface area contributed by atoms with E-state index in [9.17, 15) is 51.3 Å². The number of aromatic carboxylic acids is 1. The maximum Gasteiger partial charge on any atom is 0.390 e. The number of Topliss-reactive ketones (excluding diaryl/α,β-unsaturated/α-hetero) is 1. The lowest BCUT2D eigenvalue weighted by molar-refractivity contribution is -0.132. The molecule has 6 rings (SSSR count). The van der Waals surface area contributed by atoms with Gasteiger partial charge in [0, 0.05) is 48.6 Å². The van der Waals surface area contributed by atoms with Crippen LogP contribution in [0.15, 0.2) is 73.3 Å². The van der Waals surface area contributed by atoms with Gasteiger partial charge >= 0.3 is 18.3 Å². The number of aryl methyl sites for hydroxylation is 2. The molecule has 0 fully saturated rings. The van der Waals surface area contributed by atoms with Crippen LogP contribution >= 0.6 is 0 Å². The number of carboxylic acids is 1. The van der Waals surface area contributed by atoms with Crippen molar-refractivity contribution in [2.75, 3.05) is 23.7 Å². The zero-order valence-corrected chi connectivity index (χ0v) is 33.5. The van der Waals surface area contributed by atoms with E-state index in [0.29, 0.717) is 68.3 Å². The summed E-state index contributed by atoms with van der Waals surface area (Å²) in [5.74, 6) is -0.933. The number of halogens is 6. The highest BCUT2D eigenvalue weighted by molar-refractivity contribution is 5.98. The number of hydrogen-bond acceptors (Lipinski definition) is 8. The van der Waals surface area contributed by atoms with Gasteiger partial charge in [-0.3, -0.25) is 13.6 Å². The molecule has 11 nitrogen and oxygen atoms in total. The van der Waals surface area contributed by atoms with Crippen LogP contribution in [-0.2, 0) is 0 Å². The van der Waals surface area contributed by atoms with Crippen LogP contribution in [0.1, 0.15) is 102 Å². The number of aromatic nitrogens is 4. The number of carbonyl (C=O) groups is 2. The number of alkyl halides is 6. The van der Waals surface area contributed by atoms with Crippen molar-refractivity contribution in [3.8, 4) is 22.5 Å². The van der Waals surface area contributed by atoms with Gasteiger partial charge in [0.15, 0.2) is 17.1 Å². The van der Waals surface area contributed by atoms with Crippen molar-refractivity contribution in [3.63, 3.8) is 0 Å². The molecule has 0 radical (unpaired) electrons. The monoisotopic (exact) mass is 840 g/mol. The molecule has 2 unspecified atom stereocenters. The van der Waals surface area contributed by atoms with Gasteiger partial charge < -0.3 is 26.0 Å². The number of aliphatic hydroxyl groups is 2. The average molecular weight is 841 g/mol. The van der Waals surface area contributed by atoms with Crippen LogP contribution < -0.4 is 10.6 Å². The summed E-state index contributed by atoms with van der Waals surface area (Å²) in [4.78, 5) is 32.2. The van der Waals surface area contributed by atoms with Crippen LogP contribution in [0, 0.1) is 13.8 Å². The molecule has 2 aromatic carbocycles. The number of hydrogen-bond donors (Lipinski definition) is 5. The first kappa shape index (κ1) is 45.1. The molecular weight excluding hydrogens is 794 g/mol. The number of aliphatic hydroxyl groups excluding tert-OH is 2. The normalized spacial score (nSPS) is 12.9. The predicted octanol–water partition coefficient (Wildman–Crippen LogP) is 10.1. The van der Waals surface area contributed by atoms with Crippen LogP contribution in [0.2, 0.25) is 0 Å². The van der Waals surface area contributed by atoms with E-state index in [0.717, 1.165) is 17.5 Å². The van der Waals surface area contributed by atoms with E-state index in [4.69, 9.17) is 0 Å². The van der Waals surface area contributed by atoms with Gasteiger partial charge in [0.1, 0.15) is 0 Å². The molecular formula is C43H46F6N6O5. The van der Waals surface area contributed by atoms with Crippen molar-refractivity contribution in [2.45, 2.75) is 84.9 Å². The maximum absolute atomic E-state index is 12.6. The number of carbonyl (C=O) groups excluding carboxylic acids is 1. The van der Waals surface area contributed by atoms with Crippen molar-refractivity contribution >= 4 is 34.4 Å². The van der Waals surface area contributed by atoms with Crippen LogP contribution in [0.25, 0.3) is 33.8 Å².